The molecular formula is C7H19N2O6P. The van der Waals surface area contributed by atoms with Crippen LogP contribution in [0.3, 0.4) is 0 Å². The van der Waals surface area contributed by atoms with Crippen LogP contribution in [0.25, 0.3) is 0 Å². The number of carbonyl (C=O) groups excluding carboxylic acids is 1. The zero-order valence-electron chi connectivity index (χ0n) is 9.89. The minimum Gasteiger partial charge on any atom is -0.790 e. The van der Waals surface area contributed by atoms with Crippen LogP contribution >= 0.6 is 7.82 Å². The van der Waals surface area contributed by atoms with Gasteiger partial charge in [0.1, 0.15) is 6.10 Å². The lowest BCUT2D eigenvalue weighted by Gasteiger charge is -2.29. The molecule has 9 heteroatoms. The summed E-state index contributed by atoms with van der Waals surface area (Å²) >= 11 is 0. The molecule has 0 aliphatic carbocycles. The largest absolute Gasteiger partial charge is 0.790 e. The molecule has 0 aliphatic rings. The maximum atomic E-state index is 10.9. The van der Waals surface area contributed by atoms with Gasteiger partial charge < -0.3 is 35.9 Å². The van der Waals surface area contributed by atoms with E-state index in [0.717, 1.165) is 0 Å². The number of esters is 1. The maximum absolute atomic E-state index is 10.9. The quantitative estimate of drug-likeness (QED) is 0.401. The van der Waals surface area contributed by atoms with E-state index in [1.165, 1.54) is 13.8 Å². The monoisotopic (exact) mass is 258 g/mol. The van der Waals surface area contributed by atoms with Crippen molar-refractivity contribution in [3.8, 4) is 0 Å². The van der Waals surface area contributed by atoms with Gasteiger partial charge in [0.25, 0.3) is 0 Å². The van der Waals surface area contributed by atoms with E-state index in [0.29, 0.717) is 0 Å². The lowest BCUT2D eigenvalue weighted by molar-refractivity contribution is -0.342. The number of quaternary nitrogens is 2. The van der Waals surface area contributed by atoms with E-state index < -0.39 is 26.5 Å². The second-order valence-corrected chi connectivity index (χ2v) is 3.89. The highest BCUT2D eigenvalue weighted by Crippen LogP contribution is 2.24. The molecule has 8 nitrogen and oxygen atoms in total. The van der Waals surface area contributed by atoms with Gasteiger partial charge in [0, 0.05) is 5.57 Å². The Bertz CT molecular complexity index is 276. The Hall–Kier alpha value is -0.760. The van der Waals surface area contributed by atoms with Gasteiger partial charge in [-0.1, -0.05) is 6.58 Å². The summed E-state index contributed by atoms with van der Waals surface area (Å²) in [6.45, 7) is 5.69. The van der Waals surface area contributed by atoms with Crippen molar-refractivity contribution < 1.29 is 28.4 Å². The fraction of sp³-hybridized carbons (Fsp3) is 0.571. The first-order chi connectivity index (χ1) is 6.22. The summed E-state index contributed by atoms with van der Waals surface area (Å²) in [4.78, 5) is 31.0. The molecule has 8 N–H and O–H groups in total. The Morgan fingerprint density at radius 3 is 2.19 bits per heavy atom. The van der Waals surface area contributed by atoms with Crippen molar-refractivity contribution in [1.29, 1.82) is 0 Å². The highest BCUT2D eigenvalue weighted by Gasteiger charge is 2.10. The molecule has 0 rings (SSSR count). The van der Waals surface area contributed by atoms with Crippen LogP contribution in [0.2, 0.25) is 0 Å². The lowest BCUT2D eigenvalue weighted by atomic mass is 10.3. The topological polar surface area (TPSA) is 172 Å². The Morgan fingerprint density at radius 1 is 1.44 bits per heavy atom. The molecule has 0 fully saturated rings. The SMILES string of the molecule is C=C(C)C(=O)OC(C)COP(=O)([O-])[O-].[NH4+].[NH4+]. The van der Waals surface area contributed by atoms with E-state index in [1.807, 2.05) is 0 Å². The summed E-state index contributed by atoms with van der Waals surface area (Å²) in [5, 5.41) is 0. The molecule has 0 radical (unpaired) electrons. The average Bonchev–Trinajstić information content (AvgIpc) is 1.99. The molecule has 0 aromatic heterocycles. The summed E-state index contributed by atoms with van der Waals surface area (Å²) in [6, 6.07) is 0. The minimum atomic E-state index is -5.00. The summed E-state index contributed by atoms with van der Waals surface area (Å²) in [7, 11) is -5.00. The molecule has 0 saturated carbocycles. The number of phosphoric ester groups is 1. The van der Waals surface area contributed by atoms with Crippen molar-refractivity contribution in [2.24, 2.45) is 0 Å². The van der Waals surface area contributed by atoms with Crippen LogP contribution in [0.15, 0.2) is 12.2 Å². The number of phosphoric acid groups is 1. The van der Waals surface area contributed by atoms with Gasteiger partial charge in [-0.15, -0.1) is 0 Å². The molecular weight excluding hydrogens is 239 g/mol. The smallest absolute Gasteiger partial charge is 0.333 e. The first-order valence-corrected chi connectivity index (χ1v) is 5.21. The van der Waals surface area contributed by atoms with Gasteiger partial charge in [-0.25, -0.2) is 4.79 Å². The fourth-order valence-electron chi connectivity index (χ4n) is 0.514. The Labute approximate surface area is 94.0 Å². The van der Waals surface area contributed by atoms with Gasteiger partial charge in [-0.05, 0) is 13.8 Å². The van der Waals surface area contributed by atoms with Crippen molar-refractivity contribution in [2.75, 3.05) is 6.61 Å². The van der Waals surface area contributed by atoms with Gasteiger partial charge >= 0.3 is 5.97 Å². The maximum Gasteiger partial charge on any atom is 0.333 e. The van der Waals surface area contributed by atoms with E-state index in [4.69, 9.17) is 0 Å². The average molecular weight is 258 g/mol. The third-order valence-electron chi connectivity index (χ3n) is 1.12. The standard InChI is InChI=1S/C7H13O6P.2H3N/c1-5(2)7(8)13-6(3)4-12-14(9,10)11;;/h6H,1,4H2,2-3H3,(H2,9,10,11);2*1H3. The van der Waals surface area contributed by atoms with E-state index in [-0.39, 0.29) is 17.9 Å². The third-order valence-corrected chi connectivity index (χ3v) is 1.59. The van der Waals surface area contributed by atoms with Gasteiger partial charge in [0.05, 0.1) is 14.4 Å². The molecule has 0 amide bonds. The number of hydrogen-bond donors (Lipinski definition) is 2. The Kier molecular flexibility index (Phi) is 10.8. The molecule has 0 saturated heterocycles. The fourth-order valence-corrected chi connectivity index (χ4v) is 0.906. The number of hydrogen-bond acceptors (Lipinski definition) is 6. The van der Waals surface area contributed by atoms with Crippen molar-refractivity contribution in [3.05, 3.63) is 12.2 Å². The van der Waals surface area contributed by atoms with Crippen LogP contribution in [-0.4, -0.2) is 18.7 Å². The van der Waals surface area contributed by atoms with Gasteiger partial charge in [0.15, 0.2) is 0 Å². The highest BCUT2D eigenvalue weighted by molar-refractivity contribution is 7.43. The zero-order valence-corrected chi connectivity index (χ0v) is 10.8. The van der Waals surface area contributed by atoms with Crippen LogP contribution in [0.5, 0.6) is 0 Å². The van der Waals surface area contributed by atoms with Crippen LogP contribution in [0.1, 0.15) is 13.8 Å². The van der Waals surface area contributed by atoms with Gasteiger partial charge in [0.2, 0.25) is 0 Å². The molecule has 0 aliphatic heterocycles. The van der Waals surface area contributed by atoms with Gasteiger partial charge in [-0.2, -0.15) is 0 Å². The van der Waals surface area contributed by atoms with Crippen molar-refractivity contribution in [1.82, 2.24) is 12.3 Å². The Morgan fingerprint density at radius 2 is 1.88 bits per heavy atom. The summed E-state index contributed by atoms with van der Waals surface area (Å²) in [5.41, 5.74) is 0.185. The van der Waals surface area contributed by atoms with E-state index in [9.17, 15) is 19.1 Å². The molecule has 0 aromatic carbocycles. The van der Waals surface area contributed by atoms with Crippen molar-refractivity contribution in [3.63, 3.8) is 0 Å². The second-order valence-electron chi connectivity index (χ2n) is 2.74. The first kappa shape index (κ1) is 20.6. The van der Waals surface area contributed by atoms with Crippen molar-refractivity contribution >= 4 is 13.8 Å². The molecule has 1 unspecified atom stereocenters. The highest BCUT2D eigenvalue weighted by atomic mass is 31.2. The van der Waals surface area contributed by atoms with Crippen molar-refractivity contribution in [2.45, 2.75) is 20.0 Å². The Balaban J connectivity index is -0.000000845. The molecule has 98 valence electrons. The zero-order chi connectivity index (χ0) is 11.4. The second kappa shape index (κ2) is 8.40. The summed E-state index contributed by atoms with van der Waals surface area (Å²) in [6.07, 6.45) is -0.810. The summed E-state index contributed by atoms with van der Waals surface area (Å²) < 4.78 is 18.6. The number of rotatable bonds is 5. The van der Waals surface area contributed by atoms with Crippen LogP contribution in [0, 0.1) is 0 Å². The molecule has 16 heavy (non-hydrogen) atoms. The number of carbonyl (C=O) groups is 1. The van der Waals surface area contributed by atoms with E-state index in [2.05, 4.69) is 15.8 Å². The molecule has 0 aromatic rings. The molecule has 0 heterocycles. The first-order valence-electron chi connectivity index (χ1n) is 3.75. The molecule has 0 spiro atoms. The lowest BCUT2D eigenvalue weighted by Crippen LogP contribution is -2.24. The van der Waals surface area contributed by atoms with Crippen LogP contribution in [0.4, 0.5) is 0 Å². The normalized spacial score (nSPS) is 11.8. The summed E-state index contributed by atoms with van der Waals surface area (Å²) in [5.74, 6) is -0.660. The molecule has 0 bridgehead atoms. The number of ether oxygens (including phenoxy) is 1. The minimum absolute atomic E-state index is 0. The van der Waals surface area contributed by atoms with Crippen LogP contribution < -0.4 is 22.1 Å². The van der Waals surface area contributed by atoms with E-state index >= 15 is 0 Å². The predicted octanol–water partition coefficient (Wildman–Crippen LogP) is 0.0919. The van der Waals surface area contributed by atoms with E-state index in [1.54, 1.807) is 0 Å². The van der Waals surface area contributed by atoms with Gasteiger partial charge in [-0.3, -0.25) is 0 Å². The van der Waals surface area contributed by atoms with Crippen LogP contribution in [-0.2, 0) is 18.6 Å². The predicted molar refractivity (Wildman–Crippen MR) is 55.9 cm³/mol. The third kappa shape index (κ3) is 11.3. The molecule has 1 atom stereocenters.